The molecule has 0 spiro atoms. The normalized spacial score (nSPS) is 12.8. The van der Waals surface area contributed by atoms with E-state index in [1.54, 1.807) is 0 Å². The number of hydrogen-bond acceptors (Lipinski definition) is 4. The standard InChI is InChI=1S/C8H16O5/c1-2-7(4-3-5-13-11)12-6-8(9)10/h7,11H,2-6H2,1H3,(H,9,10). The molecule has 0 aliphatic heterocycles. The van der Waals surface area contributed by atoms with Gasteiger partial charge in [-0.1, -0.05) is 6.92 Å². The summed E-state index contributed by atoms with van der Waals surface area (Å²) in [4.78, 5) is 14.1. The summed E-state index contributed by atoms with van der Waals surface area (Å²) >= 11 is 0. The molecule has 5 nitrogen and oxygen atoms in total. The highest BCUT2D eigenvalue weighted by Crippen LogP contribution is 2.06. The molecule has 0 aromatic heterocycles. The number of carboxylic acid groups (broad SMARTS) is 1. The predicted molar refractivity (Wildman–Crippen MR) is 45.5 cm³/mol. The van der Waals surface area contributed by atoms with Gasteiger partial charge in [0.05, 0.1) is 12.7 Å². The predicted octanol–water partition coefficient (Wildman–Crippen LogP) is 1.14. The van der Waals surface area contributed by atoms with Crippen LogP contribution in [-0.2, 0) is 14.4 Å². The Hall–Kier alpha value is -0.650. The van der Waals surface area contributed by atoms with E-state index in [4.69, 9.17) is 15.1 Å². The molecule has 0 saturated carbocycles. The number of aliphatic carboxylic acids is 1. The molecule has 0 bridgehead atoms. The van der Waals surface area contributed by atoms with Crippen molar-refractivity contribution in [3.63, 3.8) is 0 Å². The molecular weight excluding hydrogens is 176 g/mol. The van der Waals surface area contributed by atoms with Crippen LogP contribution in [0.5, 0.6) is 0 Å². The maximum absolute atomic E-state index is 10.2. The van der Waals surface area contributed by atoms with Gasteiger partial charge in [0.15, 0.2) is 0 Å². The van der Waals surface area contributed by atoms with Crippen LogP contribution in [0.25, 0.3) is 0 Å². The first kappa shape index (κ1) is 12.3. The summed E-state index contributed by atoms with van der Waals surface area (Å²) < 4.78 is 5.06. The fourth-order valence-electron chi connectivity index (χ4n) is 0.970. The topological polar surface area (TPSA) is 76.0 Å². The van der Waals surface area contributed by atoms with E-state index < -0.39 is 5.97 Å². The Balaban J connectivity index is 3.45. The summed E-state index contributed by atoms with van der Waals surface area (Å²) in [5, 5.41) is 16.4. The summed E-state index contributed by atoms with van der Waals surface area (Å²) in [7, 11) is 0. The minimum absolute atomic E-state index is 0.0637. The van der Waals surface area contributed by atoms with Gasteiger partial charge in [0, 0.05) is 0 Å². The molecule has 0 radical (unpaired) electrons. The van der Waals surface area contributed by atoms with Crippen molar-refractivity contribution in [1.82, 2.24) is 0 Å². The molecule has 0 aliphatic carbocycles. The second-order valence-corrected chi connectivity index (χ2v) is 2.71. The zero-order valence-corrected chi connectivity index (χ0v) is 7.73. The lowest BCUT2D eigenvalue weighted by atomic mass is 10.1. The van der Waals surface area contributed by atoms with Crippen LogP contribution in [0, 0.1) is 0 Å². The summed E-state index contributed by atoms with van der Waals surface area (Å²) in [6.45, 7) is 1.91. The van der Waals surface area contributed by atoms with Crippen molar-refractivity contribution < 1.29 is 24.8 Å². The maximum atomic E-state index is 10.2. The quantitative estimate of drug-likeness (QED) is 0.342. The zero-order chi connectivity index (χ0) is 10.1. The van der Waals surface area contributed by atoms with Gasteiger partial charge >= 0.3 is 5.97 Å². The van der Waals surface area contributed by atoms with Crippen LogP contribution in [-0.4, -0.2) is 35.7 Å². The Bertz CT molecular complexity index is 136. The minimum Gasteiger partial charge on any atom is -0.480 e. The zero-order valence-electron chi connectivity index (χ0n) is 7.73. The monoisotopic (exact) mass is 192 g/mol. The van der Waals surface area contributed by atoms with Crippen LogP contribution in [0.15, 0.2) is 0 Å². The Morgan fingerprint density at radius 2 is 2.23 bits per heavy atom. The summed E-state index contributed by atoms with van der Waals surface area (Å²) in [6, 6.07) is 0. The van der Waals surface area contributed by atoms with Crippen LogP contribution < -0.4 is 0 Å². The van der Waals surface area contributed by atoms with E-state index >= 15 is 0 Å². The van der Waals surface area contributed by atoms with Crippen molar-refractivity contribution in [2.75, 3.05) is 13.2 Å². The molecule has 0 rings (SSSR count). The van der Waals surface area contributed by atoms with Gasteiger partial charge in [0.25, 0.3) is 0 Å². The largest absolute Gasteiger partial charge is 0.480 e. The fraction of sp³-hybridized carbons (Fsp3) is 0.875. The Kier molecular flexibility index (Phi) is 7.57. The van der Waals surface area contributed by atoms with Crippen molar-refractivity contribution in [3.05, 3.63) is 0 Å². The average molecular weight is 192 g/mol. The number of ether oxygens (including phenoxy) is 1. The average Bonchev–Trinajstić information content (AvgIpc) is 2.10. The molecule has 0 heterocycles. The molecule has 1 unspecified atom stereocenters. The Morgan fingerprint density at radius 1 is 1.54 bits per heavy atom. The lowest BCUT2D eigenvalue weighted by Gasteiger charge is -2.13. The highest BCUT2D eigenvalue weighted by Gasteiger charge is 2.08. The van der Waals surface area contributed by atoms with Gasteiger partial charge < -0.3 is 9.84 Å². The van der Waals surface area contributed by atoms with Crippen LogP contribution >= 0.6 is 0 Å². The fourth-order valence-corrected chi connectivity index (χ4v) is 0.970. The van der Waals surface area contributed by atoms with Crippen LogP contribution in [0.4, 0.5) is 0 Å². The SMILES string of the molecule is CCC(CCCOO)OCC(=O)O. The smallest absolute Gasteiger partial charge is 0.329 e. The van der Waals surface area contributed by atoms with E-state index in [-0.39, 0.29) is 19.3 Å². The first-order valence-electron chi connectivity index (χ1n) is 4.30. The molecule has 0 aromatic carbocycles. The van der Waals surface area contributed by atoms with Gasteiger partial charge in [-0.15, -0.1) is 0 Å². The Morgan fingerprint density at radius 3 is 2.69 bits per heavy atom. The van der Waals surface area contributed by atoms with Gasteiger partial charge in [0.2, 0.25) is 0 Å². The van der Waals surface area contributed by atoms with E-state index in [1.165, 1.54) is 0 Å². The second-order valence-electron chi connectivity index (χ2n) is 2.71. The van der Waals surface area contributed by atoms with Crippen LogP contribution in [0.1, 0.15) is 26.2 Å². The minimum atomic E-state index is -0.961. The number of rotatable bonds is 8. The van der Waals surface area contributed by atoms with E-state index in [0.717, 1.165) is 6.42 Å². The van der Waals surface area contributed by atoms with Crippen molar-refractivity contribution in [3.8, 4) is 0 Å². The highest BCUT2D eigenvalue weighted by molar-refractivity contribution is 5.68. The third-order valence-corrected chi connectivity index (χ3v) is 1.66. The lowest BCUT2D eigenvalue weighted by Crippen LogP contribution is -2.17. The van der Waals surface area contributed by atoms with Crippen molar-refractivity contribution in [2.24, 2.45) is 0 Å². The molecule has 0 saturated heterocycles. The summed E-state index contributed by atoms with van der Waals surface area (Å²) in [5.41, 5.74) is 0. The maximum Gasteiger partial charge on any atom is 0.329 e. The first-order chi connectivity index (χ1) is 6.20. The van der Waals surface area contributed by atoms with Crippen molar-refractivity contribution in [2.45, 2.75) is 32.3 Å². The molecule has 0 amide bonds. The van der Waals surface area contributed by atoms with Crippen molar-refractivity contribution in [1.29, 1.82) is 0 Å². The molecule has 0 aliphatic rings. The van der Waals surface area contributed by atoms with E-state index in [1.807, 2.05) is 6.92 Å². The molecule has 13 heavy (non-hydrogen) atoms. The molecule has 1 atom stereocenters. The number of hydrogen-bond donors (Lipinski definition) is 2. The van der Waals surface area contributed by atoms with Gasteiger partial charge in [-0.3, -0.25) is 5.26 Å². The third-order valence-electron chi connectivity index (χ3n) is 1.66. The number of carboxylic acids is 1. The van der Waals surface area contributed by atoms with Gasteiger partial charge in [-0.05, 0) is 19.3 Å². The summed E-state index contributed by atoms with van der Waals surface area (Å²) in [5.74, 6) is -0.961. The van der Waals surface area contributed by atoms with Crippen molar-refractivity contribution >= 4 is 5.97 Å². The molecular formula is C8H16O5. The lowest BCUT2D eigenvalue weighted by molar-refractivity contribution is -0.243. The second kappa shape index (κ2) is 7.97. The molecule has 78 valence electrons. The summed E-state index contributed by atoms with van der Waals surface area (Å²) in [6.07, 6.45) is 2.06. The van der Waals surface area contributed by atoms with E-state index in [9.17, 15) is 4.79 Å². The van der Waals surface area contributed by atoms with Crippen LogP contribution in [0.3, 0.4) is 0 Å². The van der Waals surface area contributed by atoms with Gasteiger partial charge in [-0.25, -0.2) is 9.68 Å². The first-order valence-corrected chi connectivity index (χ1v) is 4.30. The van der Waals surface area contributed by atoms with E-state index in [2.05, 4.69) is 4.89 Å². The van der Waals surface area contributed by atoms with Crippen LogP contribution in [0.2, 0.25) is 0 Å². The third kappa shape index (κ3) is 7.70. The molecule has 2 N–H and O–H groups in total. The molecule has 5 heteroatoms. The van der Waals surface area contributed by atoms with E-state index in [0.29, 0.717) is 12.8 Å². The number of carbonyl (C=O) groups is 1. The highest BCUT2D eigenvalue weighted by atomic mass is 17.1. The molecule has 0 fully saturated rings. The van der Waals surface area contributed by atoms with Gasteiger partial charge in [-0.2, -0.15) is 0 Å². The molecule has 0 aromatic rings. The van der Waals surface area contributed by atoms with Gasteiger partial charge in [0.1, 0.15) is 6.61 Å². The Labute approximate surface area is 77.2 Å².